The van der Waals surface area contributed by atoms with Gasteiger partial charge in [-0.2, -0.15) is 0 Å². The first kappa shape index (κ1) is 20.2. The van der Waals surface area contributed by atoms with Gasteiger partial charge >= 0.3 is 0 Å². The molecule has 1 aromatic heterocycles. The standard InChI is InChI=1S/C22H23N5O2S/c1-4-23-20(28)12-18-22-26-25-13(2)27(22)19-10-7-15(29-3)11-17(19)21(24-18)14-5-8-16(30)9-6-14/h5-11,18,30H,4,12H2,1-3H3,(H,23,28)/t18-/m0/s1. The Kier molecular flexibility index (Phi) is 5.59. The summed E-state index contributed by atoms with van der Waals surface area (Å²) in [6, 6.07) is 13.2. The lowest BCUT2D eigenvalue weighted by atomic mass is 10.00. The highest BCUT2D eigenvalue weighted by molar-refractivity contribution is 7.80. The zero-order valence-corrected chi connectivity index (χ0v) is 18.0. The van der Waals surface area contributed by atoms with Crippen molar-refractivity contribution >= 4 is 24.2 Å². The van der Waals surface area contributed by atoms with Crippen LogP contribution in [0.5, 0.6) is 5.75 Å². The Morgan fingerprint density at radius 2 is 1.97 bits per heavy atom. The highest BCUT2D eigenvalue weighted by Crippen LogP contribution is 2.34. The number of amides is 1. The van der Waals surface area contributed by atoms with Crippen molar-refractivity contribution in [1.82, 2.24) is 20.1 Å². The number of ether oxygens (including phenoxy) is 1. The van der Waals surface area contributed by atoms with Crippen molar-refractivity contribution in [2.24, 2.45) is 4.99 Å². The van der Waals surface area contributed by atoms with Crippen molar-refractivity contribution < 1.29 is 9.53 Å². The second-order valence-corrected chi connectivity index (χ2v) is 7.54. The van der Waals surface area contributed by atoms with Crippen molar-refractivity contribution in [1.29, 1.82) is 0 Å². The van der Waals surface area contributed by atoms with Gasteiger partial charge in [0.2, 0.25) is 5.91 Å². The number of rotatable bonds is 5. The zero-order chi connectivity index (χ0) is 21.3. The number of hydrogen-bond acceptors (Lipinski definition) is 6. The van der Waals surface area contributed by atoms with Gasteiger partial charge in [0.25, 0.3) is 0 Å². The van der Waals surface area contributed by atoms with Gasteiger partial charge in [-0.1, -0.05) is 12.1 Å². The number of carbonyl (C=O) groups is 1. The quantitative estimate of drug-likeness (QED) is 0.620. The molecular weight excluding hydrogens is 398 g/mol. The molecule has 0 saturated heterocycles. The number of aliphatic imine (C=N–C) groups is 1. The number of fused-ring (bicyclic) bond motifs is 3. The third-order valence-corrected chi connectivity index (χ3v) is 5.32. The Labute approximate surface area is 180 Å². The minimum absolute atomic E-state index is 0.0768. The van der Waals surface area contributed by atoms with Crippen LogP contribution in [0, 0.1) is 6.92 Å². The fourth-order valence-electron chi connectivity index (χ4n) is 3.63. The number of methoxy groups -OCH3 is 1. The number of thiol groups is 1. The van der Waals surface area contributed by atoms with E-state index in [1.54, 1.807) is 7.11 Å². The van der Waals surface area contributed by atoms with E-state index in [-0.39, 0.29) is 12.3 Å². The van der Waals surface area contributed by atoms with Crippen LogP contribution in [-0.4, -0.2) is 40.0 Å². The summed E-state index contributed by atoms with van der Waals surface area (Å²) in [5, 5.41) is 11.5. The molecule has 1 atom stereocenters. The number of hydrogen-bond donors (Lipinski definition) is 2. The fraction of sp³-hybridized carbons (Fsp3) is 0.273. The van der Waals surface area contributed by atoms with E-state index < -0.39 is 6.04 Å². The molecule has 2 heterocycles. The topological polar surface area (TPSA) is 81.4 Å². The van der Waals surface area contributed by atoms with E-state index >= 15 is 0 Å². The Balaban J connectivity index is 1.96. The molecule has 1 aliphatic rings. The van der Waals surface area contributed by atoms with Crippen LogP contribution in [0.3, 0.4) is 0 Å². The molecule has 0 aliphatic carbocycles. The van der Waals surface area contributed by atoms with Crippen LogP contribution in [0.25, 0.3) is 5.69 Å². The summed E-state index contributed by atoms with van der Waals surface area (Å²) >= 11 is 4.40. The van der Waals surface area contributed by atoms with Crippen LogP contribution in [-0.2, 0) is 4.79 Å². The number of aryl methyl sites for hydroxylation is 1. The summed E-state index contributed by atoms with van der Waals surface area (Å²) in [6.07, 6.45) is 0.186. The van der Waals surface area contributed by atoms with Crippen LogP contribution in [0.15, 0.2) is 52.4 Å². The second kappa shape index (κ2) is 8.31. The molecule has 7 nitrogen and oxygen atoms in total. The highest BCUT2D eigenvalue weighted by atomic mass is 32.1. The van der Waals surface area contributed by atoms with Crippen LogP contribution in [0.4, 0.5) is 0 Å². The van der Waals surface area contributed by atoms with Crippen molar-refractivity contribution in [2.45, 2.75) is 31.2 Å². The van der Waals surface area contributed by atoms with Gasteiger partial charge in [-0.15, -0.1) is 22.8 Å². The monoisotopic (exact) mass is 421 g/mol. The lowest BCUT2D eigenvalue weighted by molar-refractivity contribution is -0.121. The Morgan fingerprint density at radius 3 is 2.67 bits per heavy atom. The normalized spacial score (nSPS) is 14.9. The SMILES string of the molecule is CCNC(=O)C[C@@H]1N=C(c2ccc(S)cc2)c2cc(OC)ccc2-n2c(C)nnc21. The first-order valence-corrected chi connectivity index (χ1v) is 10.2. The summed E-state index contributed by atoms with van der Waals surface area (Å²) in [4.78, 5) is 18.3. The summed E-state index contributed by atoms with van der Waals surface area (Å²) < 4.78 is 7.45. The van der Waals surface area contributed by atoms with Crippen LogP contribution < -0.4 is 10.1 Å². The number of nitrogens with zero attached hydrogens (tertiary/aromatic N) is 4. The van der Waals surface area contributed by atoms with Gasteiger partial charge in [0.1, 0.15) is 17.6 Å². The van der Waals surface area contributed by atoms with Gasteiger partial charge in [0.05, 0.1) is 24.9 Å². The summed E-state index contributed by atoms with van der Waals surface area (Å²) in [5.74, 6) is 2.03. The Bertz CT molecular complexity index is 1120. The van der Waals surface area contributed by atoms with Gasteiger partial charge < -0.3 is 10.1 Å². The first-order chi connectivity index (χ1) is 14.5. The highest BCUT2D eigenvalue weighted by Gasteiger charge is 2.29. The molecule has 0 bridgehead atoms. The predicted molar refractivity (Wildman–Crippen MR) is 118 cm³/mol. The van der Waals surface area contributed by atoms with Gasteiger partial charge in [-0.25, -0.2) is 0 Å². The average molecular weight is 422 g/mol. The van der Waals surface area contributed by atoms with E-state index in [9.17, 15) is 4.79 Å². The molecule has 0 radical (unpaired) electrons. The molecule has 8 heteroatoms. The van der Waals surface area contributed by atoms with Gasteiger partial charge in [0, 0.05) is 22.6 Å². The Morgan fingerprint density at radius 1 is 1.20 bits per heavy atom. The first-order valence-electron chi connectivity index (χ1n) is 9.76. The van der Waals surface area contributed by atoms with Crippen LogP contribution in [0.2, 0.25) is 0 Å². The molecule has 0 saturated carbocycles. The molecule has 0 unspecified atom stereocenters. The summed E-state index contributed by atoms with van der Waals surface area (Å²) in [7, 11) is 1.64. The van der Waals surface area contributed by atoms with E-state index in [1.807, 2.05) is 60.9 Å². The average Bonchev–Trinajstić information content (AvgIpc) is 3.06. The molecule has 4 rings (SSSR count). The van der Waals surface area contributed by atoms with Crippen LogP contribution >= 0.6 is 12.6 Å². The van der Waals surface area contributed by atoms with E-state index in [1.165, 1.54) is 0 Å². The maximum atomic E-state index is 12.4. The van der Waals surface area contributed by atoms with Crippen molar-refractivity contribution in [3.8, 4) is 11.4 Å². The van der Waals surface area contributed by atoms with Crippen molar-refractivity contribution in [3.05, 3.63) is 65.2 Å². The molecule has 3 aromatic rings. The fourth-order valence-corrected chi connectivity index (χ4v) is 3.78. The lowest BCUT2D eigenvalue weighted by Gasteiger charge is -2.14. The van der Waals surface area contributed by atoms with Gasteiger partial charge in [0.15, 0.2) is 5.82 Å². The maximum Gasteiger partial charge on any atom is 0.222 e. The second-order valence-electron chi connectivity index (χ2n) is 7.02. The van der Waals surface area contributed by atoms with E-state index in [0.29, 0.717) is 12.4 Å². The molecule has 1 aliphatic heterocycles. The molecule has 0 fully saturated rings. The minimum Gasteiger partial charge on any atom is -0.497 e. The number of benzene rings is 2. The van der Waals surface area contributed by atoms with Crippen LogP contribution in [0.1, 0.15) is 42.2 Å². The zero-order valence-electron chi connectivity index (χ0n) is 17.1. The van der Waals surface area contributed by atoms with E-state index in [4.69, 9.17) is 9.73 Å². The summed E-state index contributed by atoms with van der Waals surface area (Å²) in [6.45, 7) is 4.36. The molecule has 1 amide bonds. The number of carbonyl (C=O) groups excluding carboxylic acids is 1. The van der Waals surface area contributed by atoms with E-state index in [0.717, 1.165) is 39.0 Å². The molecule has 30 heavy (non-hydrogen) atoms. The lowest BCUT2D eigenvalue weighted by Crippen LogP contribution is -2.25. The summed E-state index contributed by atoms with van der Waals surface area (Å²) in [5.41, 5.74) is 3.50. The molecule has 2 aromatic carbocycles. The molecular formula is C22H23N5O2S. The predicted octanol–water partition coefficient (Wildman–Crippen LogP) is 3.29. The number of nitrogens with one attached hydrogen (secondary N) is 1. The molecule has 154 valence electrons. The third kappa shape index (κ3) is 3.70. The maximum absolute atomic E-state index is 12.4. The van der Waals surface area contributed by atoms with Gasteiger partial charge in [-0.3, -0.25) is 14.4 Å². The smallest absolute Gasteiger partial charge is 0.222 e. The van der Waals surface area contributed by atoms with Crippen molar-refractivity contribution in [3.63, 3.8) is 0 Å². The third-order valence-electron chi connectivity index (χ3n) is 5.03. The van der Waals surface area contributed by atoms with Crippen molar-refractivity contribution in [2.75, 3.05) is 13.7 Å². The molecule has 1 N–H and O–H groups in total. The van der Waals surface area contributed by atoms with Gasteiger partial charge in [-0.05, 0) is 44.2 Å². The molecule has 0 spiro atoms. The number of aromatic nitrogens is 3. The largest absolute Gasteiger partial charge is 0.497 e. The van der Waals surface area contributed by atoms with E-state index in [2.05, 4.69) is 28.1 Å². The minimum atomic E-state index is -0.471. The Hall–Kier alpha value is -3.13.